The molecule has 1 aliphatic rings. The maximum Gasteiger partial charge on any atom is 0.257 e. The lowest BCUT2D eigenvalue weighted by Gasteiger charge is -2.14. The molecule has 7 nitrogen and oxygen atoms in total. The molecule has 0 unspecified atom stereocenters. The third-order valence-corrected chi connectivity index (χ3v) is 3.58. The number of H-pyrrole nitrogens is 1. The number of aliphatic hydroxyl groups is 1. The number of hydrogen-bond acceptors (Lipinski definition) is 5. The average Bonchev–Trinajstić information content (AvgIpc) is 3.12. The fourth-order valence-corrected chi connectivity index (χ4v) is 2.54. The molecule has 3 rings (SSSR count). The van der Waals surface area contributed by atoms with Crippen molar-refractivity contribution in [2.24, 2.45) is 5.92 Å². The fraction of sp³-hybridized carbons (Fsp3) is 0.462. The number of rotatable bonds is 3. The molecule has 2 aromatic rings. The van der Waals surface area contributed by atoms with Gasteiger partial charge in [0.25, 0.3) is 5.91 Å². The van der Waals surface area contributed by atoms with Crippen molar-refractivity contribution < 1.29 is 14.4 Å². The van der Waals surface area contributed by atoms with Crippen LogP contribution in [-0.2, 0) is 6.42 Å². The van der Waals surface area contributed by atoms with Crippen molar-refractivity contribution in [2.75, 3.05) is 13.1 Å². The van der Waals surface area contributed by atoms with Gasteiger partial charge in [0.15, 0.2) is 0 Å². The first-order chi connectivity index (χ1) is 9.63. The summed E-state index contributed by atoms with van der Waals surface area (Å²) >= 11 is 0. The number of nitrogens with one attached hydrogen (secondary N) is 1. The highest BCUT2D eigenvalue weighted by atomic mass is 16.5. The van der Waals surface area contributed by atoms with E-state index in [2.05, 4.69) is 15.4 Å². The Morgan fingerprint density at radius 2 is 2.45 bits per heavy atom. The second-order valence-electron chi connectivity index (χ2n) is 5.16. The lowest BCUT2D eigenvalue weighted by atomic mass is 10.0. The monoisotopic (exact) mass is 276 g/mol. The molecule has 0 radical (unpaired) electrons. The molecule has 0 bridgehead atoms. The number of β-amino-alcohol motifs (C(OH)–C–C–N with tert-alkyl or cyclic N) is 1. The van der Waals surface area contributed by atoms with Gasteiger partial charge in [0, 0.05) is 37.7 Å². The number of carbonyl (C=O) groups excluding carboxylic acids is 1. The van der Waals surface area contributed by atoms with Crippen LogP contribution in [0.15, 0.2) is 23.0 Å². The molecule has 2 N–H and O–H groups in total. The smallest absolute Gasteiger partial charge is 0.257 e. The highest BCUT2D eigenvalue weighted by molar-refractivity contribution is 5.93. The van der Waals surface area contributed by atoms with Gasteiger partial charge in [-0.1, -0.05) is 5.16 Å². The van der Waals surface area contributed by atoms with Gasteiger partial charge in [-0.3, -0.25) is 9.89 Å². The maximum absolute atomic E-state index is 12.2. The number of likely N-dealkylation sites (tertiary alicyclic amines) is 1. The predicted molar refractivity (Wildman–Crippen MR) is 68.9 cm³/mol. The molecule has 2 aromatic heterocycles. The Bertz CT molecular complexity index is 593. The van der Waals surface area contributed by atoms with Gasteiger partial charge in [0.1, 0.15) is 5.76 Å². The van der Waals surface area contributed by atoms with Gasteiger partial charge >= 0.3 is 0 Å². The Morgan fingerprint density at radius 1 is 1.60 bits per heavy atom. The van der Waals surface area contributed by atoms with E-state index in [0.29, 0.717) is 25.1 Å². The van der Waals surface area contributed by atoms with Crippen LogP contribution in [0, 0.1) is 12.8 Å². The summed E-state index contributed by atoms with van der Waals surface area (Å²) in [5.74, 6) is 0.594. The minimum atomic E-state index is -0.545. The van der Waals surface area contributed by atoms with Crippen LogP contribution in [0.3, 0.4) is 0 Å². The van der Waals surface area contributed by atoms with E-state index in [1.54, 1.807) is 11.1 Å². The second-order valence-corrected chi connectivity index (χ2v) is 5.16. The summed E-state index contributed by atoms with van der Waals surface area (Å²) in [7, 11) is 0. The largest absolute Gasteiger partial charge is 0.391 e. The van der Waals surface area contributed by atoms with E-state index in [0.717, 1.165) is 11.5 Å². The second kappa shape index (κ2) is 5.09. The van der Waals surface area contributed by atoms with Crippen molar-refractivity contribution in [1.29, 1.82) is 0 Å². The summed E-state index contributed by atoms with van der Waals surface area (Å²) in [6.45, 7) is 2.69. The number of nitrogens with zero attached hydrogens (tertiary/aromatic N) is 3. The van der Waals surface area contributed by atoms with Crippen LogP contribution >= 0.6 is 0 Å². The first kappa shape index (κ1) is 12.9. The third kappa shape index (κ3) is 2.44. The SMILES string of the molecule is Cc1cc(C[C@@H]2CN(C(=O)c3cn[nH]c3)C[C@@H]2O)on1. The van der Waals surface area contributed by atoms with Crippen molar-refractivity contribution in [2.45, 2.75) is 19.4 Å². The van der Waals surface area contributed by atoms with Crippen molar-refractivity contribution in [3.8, 4) is 0 Å². The van der Waals surface area contributed by atoms with Crippen molar-refractivity contribution in [3.63, 3.8) is 0 Å². The fourth-order valence-electron chi connectivity index (χ4n) is 2.54. The minimum Gasteiger partial charge on any atom is -0.391 e. The Hall–Kier alpha value is -2.15. The lowest BCUT2D eigenvalue weighted by molar-refractivity contribution is 0.0764. The van der Waals surface area contributed by atoms with E-state index in [1.807, 2.05) is 13.0 Å². The van der Waals surface area contributed by atoms with E-state index < -0.39 is 6.10 Å². The van der Waals surface area contributed by atoms with Gasteiger partial charge in [-0.15, -0.1) is 0 Å². The molecule has 1 aliphatic heterocycles. The number of amides is 1. The molecule has 3 heterocycles. The van der Waals surface area contributed by atoms with E-state index in [1.165, 1.54) is 6.20 Å². The first-order valence-corrected chi connectivity index (χ1v) is 6.52. The summed E-state index contributed by atoms with van der Waals surface area (Å²) in [4.78, 5) is 13.8. The zero-order valence-corrected chi connectivity index (χ0v) is 11.1. The Balaban J connectivity index is 1.66. The molecular weight excluding hydrogens is 260 g/mol. The van der Waals surface area contributed by atoms with Gasteiger partial charge in [-0.25, -0.2) is 0 Å². The topological polar surface area (TPSA) is 95.2 Å². The van der Waals surface area contributed by atoms with Gasteiger partial charge in [0.2, 0.25) is 0 Å². The van der Waals surface area contributed by atoms with E-state index in [9.17, 15) is 9.90 Å². The normalized spacial score (nSPS) is 22.4. The Morgan fingerprint density at radius 3 is 3.10 bits per heavy atom. The standard InChI is InChI=1S/C13H16N4O3/c1-8-2-11(20-16-8)3-9-6-17(7-12(9)18)13(19)10-4-14-15-5-10/h2,4-5,9,12,18H,3,6-7H2,1H3,(H,14,15)/t9-,12+/m1/s1. The number of aromatic nitrogens is 3. The van der Waals surface area contributed by atoms with Gasteiger partial charge < -0.3 is 14.5 Å². The van der Waals surface area contributed by atoms with Gasteiger partial charge in [0.05, 0.1) is 23.6 Å². The summed E-state index contributed by atoms with van der Waals surface area (Å²) in [5.41, 5.74) is 1.33. The molecule has 20 heavy (non-hydrogen) atoms. The van der Waals surface area contributed by atoms with Crippen molar-refractivity contribution >= 4 is 5.91 Å². The molecule has 7 heteroatoms. The molecule has 0 saturated carbocycles. The Kier molecular flexibility index (Phi) is 3.27. The van der Waals surface area contributed by atoms with Crippen LogP contribution in [-0.4, -0.2) is 50.5 Å². The summed E-state index contributed by atoms with van der Waals surface area (Å²) < 4.78 is 5.16. The van der Waals surface area contributed by atoms with Crippen LogP contribution in [0.5, 0.6) is 0 Å². The maximum atomic E-state index is 12.2. The molecule has 2 atom stereocenters. The van der Waals surface area contributed by atoms with E-state index in [4.69, 9.17) is 4.52 Å². The van der Waals surface area contributed by atoms with Crippen molar-refractivity contribution in [3.05, 3.63) is 35.5 Å². The number of carbonyl (C=O) groups is 1. The first-order valence-electron chi connectivity index (χ1n) is 6.52. The van der Waals surface area contributed by atoms with Gasteiger partial charge in [-0.05, 0) is 6.92 Å². The van der Waals surface area contributed by atoms with Crippen LogP contribution in [0.4, 0.5) is 0 Å². The quantitative estimate of drug-likeness (QED) is 0.845. The number of hydrogen-bond donors (Lipinski definition) is 2. The van der Waals surface area contributed by atoms with Crippen LogP contribution < -0.4 is 0 Å². The zero-order chi connectivity index (χ0) is 14.1. The number of aryl methyl sites for hydroxylation is 1. The highest BCUT2D eigenvalue weighted by Gasteiger charge is 2.35. The zero-order valence-electron chi connectivity index (χ0n) is 11.1. The molecular formula is C13H16N4O3. The molecule has 0 aromatic carbocycles. The summed E-state index contributed by atoms with van der Waals surface area (Å²) in [6, 6.07) is 1.85. The minimum absolute atomic E-state index is 0.0294. The number of aliphatic hydroxyl groups excluding tert-OH is 1. The molecule has 0 spiro atoms. The van der Waals surface area contributed by atoms with E-state index in [-0.39, 0.29) is 11.8 Å². The van der Waals surface area contributed by atoms with E-state index >= 15 is 0 Å². The van der Waals surface area contributed by atoms with Crippen LogP contribution in [0.2, 0.25) is 0 Å². The Labute approximate surface area is 115 Å². The molecule has 106 valence electrons. The molecule has 0 aliphatic carbocycles. The average molecular weight is 276 g/mol. The van der Waals surface area contributed by atoms with Gasteiger partial charge in [-0.2, -0.15) is 5.10 Å². The lowest BCUT2D eigenvalue weighted by Crippen LogP contribution is -2.29. The van der Waals surface area contributed by atoms with Crippen LogP contribution in [0.1, 0.15) is 21.8 Å². The summed E-state index contributed by atoms with van der Waals surface area (Å²) in [5, 5.41) is 20.3. The van der Waals surface area contributed by atoms with Crippen molar-refractivity contribution in [1.82, 2.24) is 20.3 Å². The molecule has 1 saturated heterocycles. The molecule has 1 fully saturated rings. The summed E-state index contributed by atoms with van der Waals surface area (Å²) in [6.07, 6.45) is 3.08. The third-order valence-electron chi connectivity index (χ3n) is 3.58. The van der Waals surface area contributed by atoms with Crippen LogP contribution in [0.25, 0.3) is 0 Å². The highest BCUT2D eigenvalue weighted by Crippen LogP contribution is 2.23. The molecule has 1 amide bonds. The predicted octanol–water partition coefficient (Wildman–Crippen LogP) is 0.382. The number of aromatic amines is 1.